The minimum Gasteiger partial charge on any atom is -0.506 e. The highest BCUT2D eigenvalue weighted by atomic mass is 35.5. The summed E-state index contributed by atoms with van der Waals surface area (Å²) in [6, 6.07) is 11.5. The minimum absolute atomic E-state index is 0.116. The number of halogens is 1. The Morgan fingerprint density at radius 3 is 2.77 bits per heavy atom. The molecule has 22 heavy (non-hydrogen) atoms. The Morgan fingerprint density at radius 2 is 2.05 bits per heavy atom. The molecule has 0 saturated carbocycles. The molecule has 0 bridgehead atoms. The summed E-state index contributed by atoms with van der Waals surface area (Å²) in [5.74, 6) is 0.899. The van der Waals surface area contributed by atoms with Gasteiger partial charge in [0.05, 0.1) is 21.8 Å². The second kappa shape index (κ2) is 5.43. The van der Waals surface area contributed by atoms with Gasteiger partial charge in [-0.25, -0.2) is 0 Å². The van der Waals surface area contributed by atoms with Crippen LogP contribution in [0.5, 0.6) is 17.2 Å². The molecule has 3 N–H and O–H groups in total. The van der Waals surface area contributed by atoms with Crippen LogP contribution in [0.2, 0.25) is 5.02 Å². The molecule has 3 aromatic rings. The lowest BCUT2D eigenvalue weighted by Crippen LogP contribution is -1.91. The molecule has 1 heterocycles. The standard InChI is InChI=1S/C16H10ClN3O2/c17-12-6-10(1-2-13(12)19)22-16-3-4-20-14-7-15(21)9(8-18)5-11(14)16/h1-7,21H,19H2. The highest BCUT2D eigenvalue weighted by molar-refractivity contribution is 6.33. The third-order valence-electron chi connectivity index (χ3n) is 3.14. The number of ether oxygens (including phenoxy) is 1. The second-order valence-corrected chi connectivity index (χ2v) is 5.00. The molecule has 0 aliphatic heterocycles. The van der Waals surface area contributed by atoms with E-state index in [9.17, 15) is 5.11 Å². The van der Waals surface area contributed by atoms with Crippen LogP contribution in [0.1, 0.15) is 5.56 Å². The summed E-state index contributed by atoms with van der Waals surface area (Å²) < 4.78 is 5.80. The lowest BCUT2D eigenvalue weighted by Gasteiger charge is -2.10. The molecule has 1 aromatic heterocycles. The molecular weight excluding hydrogens is 302 g/mol. The van der Waals surface area contributed by atoms with Crippen molar-refractivity contribution in [2.45, 2.75) is 0 Å². The normalized spacial score (nSPS) is 10.4. The van der Waals surface area contributed by atoms with Crippen molar-refractivity contribution in [2.75, 3.05) is 5.73 Å². The van der Waals surface area contributed by atoms with Gasteiger partial charge in [0, 0.05) is 23.7 Å². The number of nitrogens with two attached hydrogens (primary N) is 1. The smallest absolute Gasteiger partial charge is 0.138 e. The summed E-state index contributed by atoms with van der Waals surface area (Å²) in [6.07, 6.45) is 1.56. The van der Waals surface area contributed by atoms with Crippen LogP contribution in [0, 0.1) is 11.3 Å². The van der Waals surface area contributed by atoms with Crippen LogP contribution in [0.25, 0.3) is 10.9 Å². The van der Waals surface area contributed by atoms with E-state index >= 15 is 0 Å². The van der Waals surface area contributed by atoms with Gasteiger partial charge in [-0.05, 0) is 24.3 Å². The van der Waals surface area contributed by atoms with Gasteiger partial charge < -0.3 is 15.6 Å². The summed E-state index contributed by atoms with van der Waals surface area (Å²) in [4.78, 5) is 4.16. The lowest BCUT2D eigenvalue weighted by atomic mass is 10.1. The summed E-state index contributed by atoms with van der Waals surface area (Å²) in [5.41, 5.74) is 6.81. The van der Waals surface area contributed by atoms with Gasteiger partial charge >= 0.3 is 0 Å². The molecule has 0 saturated heterocycles. The van der Waals surface area contributed by atoms with Gasteiger partial charge in [-0.2, -0.15) is 5.26 Å². The van der Waals surface area contributed by atoms with E-state index in [1.165, 1.54) is 12.1 Å². The maximum absolute atomic E-state index is 9.72. The SMILES string of the molecule is N#Cc1cc2c(Oc3ccc(N)c(Cl)c3)ccnc2cc1O. The molecule has 2 aromatic carbocycles. The van der Waals surface area contributed by atoms with Crippen LogP contribution >= 0.6 is 11.6 Å². The molecule has 0 aliphatic carbocycles. The lowest BCUT2D eigenvalue weighted by molar-refractivity contribution is 0.473. The zero-order valence-electron chi connectivity index (χ0n) is 11.2. The molecule has 0 unspecified atom stereocenters. The number of anilines is 1. The molecule has 0 atom stereocenters. The van der Waals surface area contributed by atoms with Gasteiger partial charge in [-0.15, -0.1) is 0 Å². The van der Waals surface area contributed by atoms with E-state index in [1.54, 1.807) is 30.5 Å². The van der Waals surface area contributed by atoms with Crippen molar-refractivity contribution in [1.82, 2.24) is 4.98 Å². The number of nitriles is 1. The average Bonchev–Trinajstić information content (AvgIpc) is 2.50. The molecule has 0 fully saturated rings. The van der Waals surface area contributed by atoms with Crippen LogP contribution in [0.3, 0.4) is 0 Å². The predicted octanol–water partition coefficient (Wildman–Crippen LogP) is 3.84. The highest BCUT2D eigenvalue weighted by Gasteiger charge is 2.10. The first-order valence-corrected chi connectivity index (χ1v) is 6.71. The number of benzene rings is 2. The van der Waals surface area contributed by atoms with Gasteiger partial charge in [-0.3, -0.25) is 4.98 Å². The van der Waals surface area contributed by atoms with Gasteiger partial charge in [0.25, 0.3) is 0 Å². The third-order valence-corrected chi connectivity index (χ3v) is 3.47. The number of pyridine rings is 1. The number of hydrogen-bond donors (Lipinski definition) is 2. The van der Waals surface area contributed by atoms with Crippen LogP contribution in [0.4, 0.5) is 5.69 Å². The quantitative estimate of drug-likeness (QED) is 0.701. The molecule has 108 valence electrons. The molecule has 3 rings (SSSR count). The molecule has 0 amide bonds. The second-order valence-electron chi connectivity index (χ2n) is 4.59. The number of phenols is 1. The molecule has 0 spiro atoms. The topological polar surface area (TPSA) is 92.2 Å². The number of aromatic nitrogens is 1. The Kier molecular flexibility index (Phi) is 3.45. The van der Waals surface area contributed by atoms with E-state index in [1.807, 2.05) is 6.07 Å². The number of hydrogen-bond acceptors (Lipinski definition) is 5. The minimum atomic E-state index is -0.116. The number of nitrogens with zero attached hydrogens (tertiary/aromatic N) is 2. The maximum Gasteiger partial charge on any atom is 0.138 e. The third kappa shape index (κ3) is 2.48. The van der Waals surface area contributed by atoms with Crippen LogP contribution in [-0.2, 0) is 0 Å². The van der Waals surface area contributed by atoms with Crippen molar-refractivity contribution >= 4 is 28.2 Å². The van der Waals surface area contributed by atoms with Gasteiger partial charge in [0.1, 0.15) is 23.3 Å². The Bertz CT molecular complexity index is 919. The molecule has 6 heteroatoms. The summed E-state index contributed by atoms with van der Waals surface area (Å²) in [7, 11) is 0. The fourth-order valence-corrected chi connectivity index (χ4v) is 2.20. The molecule has 5 nitrogen and oxygen atoms in total. The first kappa shape index (κ1) is 14.0. The molecule has 0 aliphatic rings. The number of nitrogen functional groups attached to an aromatic ring is 1. The number of phenolic OH excluding ortho intramolecular Hbond substituents is 1. The Labute approximate surface area is 131 Å². The summed E-state index contributed by atoms with van der Waals surface area (Å²) in [5, 5.41) is 19.8. The van der Waals surface area contributed by atoms with Crippen LogP contribution < -0.4 is 10.5 Å². The van der Waals surface area contributed by atoms with Gasteiger partial charge in [-0.1, -0.05) is 11.6 Å². The van der Waals surface area contributed by atoms with Crippen LogP contribution in [-0.4, -0.2) is 10.1 Å². The zero-order chi connectivity index (χ0) is 15.7. The number of fused-ring (bicyclic) bond motifs is 1. The van der Waals surface area contributed by atoms with Crippen molar-refractivity contribution < 1.29 is 9.84 Å². The first-order chi connectivity index (χ1) is 10.6. The fourth-order valence-electron chi connectivity index (χ4n) is 2.03. The van der Waals surface area contributed by atoms with Crippen molar-refractivity contribution in [3.05, 3.63) is 53.2 Å². The fraction of sp³-hybridized carbons (Fsp3) is 0. The van der Waals surface area contributed by atoms with Gasteiger partial charge in [0.2, 0.25) is 0 Å². The Morgan fingerprint density at radius 1 is 1.23 bits per heavy atom. The number of aromatic hydroxyl groups is 1. The zero-order valence-corrected chi connectivity index (χ0v) is 12.0. The maximum atomic E-state index is 9.72. The largest absolute Gasteiger partial charge is 0.506 e. The molecular formula is C16H10ClN3O2. The van der Waals surface area contributed by atoms with Crippen molar-refractivity contribution in [3.8, 4) is 23.3 Å². The Hall–Kier alpha value is -2.97. The van der Waals surface area contributed by atoms with E-state index in [2.05, 4.69) is 4.98 Å². The summed E-state index contributed by atoms with van der Waals surface area (Å²) in [6.45, 7) is 0. The van der Waals surface area contributed by atoms with Gasteiger partial charge in [0.15, 0.2) is 0 Å². The van der Waals surface area contributed by atoms with E-state index in [0.717, 1.165) is 0 Å². The average molecular weight is 312 g/mol. The van der Waals surface area contributed by atoms with Crippen molar-refractivity contribution in [2.24, 2.45) is 0 Å². The van der Waals surface area contributed by atoms with Crippen molar-refractivity contribution in [3.63, 3.8) is 0 Å². The first-order valence-electron chi connectivity index (χ1n) is 6.33. The summed E-state index contributed by atoms with van der Waals surface area (Å²) >= 11 is 5.97. The van der Waals surface area contributed by atoms with Crippen molar-refractivity contribution in [1.29, 1.82) is 5.26 Å². The number of rotatable bonds is 2. The Balaban J connectivity index is 2.10. The predicted molar refractivity (Wildman–Crippen MR) is 84.1 cm³/mol. The van der Waals surface area contributed by atoms with E-state index < -0.39 is 0 Å². The molecule has 0 radical (unpaired) electrons. The van der Waals surface area contributed by atoms with E-state index in [-0.39, 0.29) is 11.3 Å². The van der Waals surface area contributed by atoms with E-state index in [4.69, 9.17) is 27.3 Å². The highest BCUT2D eigenvalue weighted by Crippen LogP contribution is 2.34. The monoisotopic (exact) mass is 311 g/mol. The van der Waals surface area contributed by atoms with Crippen LogP contribution in [0.15, 0.2) is 42.6 Å². The van der Waals surface area contributed by atoms with E-state index in [0.29, 0.717) is 33.1 Å².